The quantitative estimate of drug-likeness (QED) is 0.634. The Hall–Kier alpha value is -1.84. The van der Waals surface area contributed by atoms with Gasteiger partial charge in [0, 0.05) is 26.2 Å². The topological polar surface area (TPSA) is 73.4 Å². The second-order valence-corrected chi connectivity index (χ2v) is 5.92. The molecule has 21 heavy (non-hydrogen) atoms. The smallest absolute Gasteiger partial charge is 0.310 e. The van der Waals surface area contributed by atoms with Crippen molar-refractivity contribution in [2.24, 2.45) is 0 Å². The van der Waals surface area contributed by atoms with E-state index in [1.165, 1.54) is 6.07 Å². The van der Waals surface area contributed by atoms with Gasteiger partial charge in [-0.2, -0.15) is 5.26 Å². The molecule has 0 bridgehead atoms. The van der Waals surface area contributed by atoms with Crippen LogP contribution in [0.1, 0.15) is 13.8 Å². The Morgan fingerprint density at radius 3 is 2.48 bits per heavy atom. The first kappa shape index (κ1) is 15.5. The number of piperazine rings is 1. The number of benzene rings is 1. The maximum atomic E-state index is 11.2. The highest BCUT2D eigenvalue weighted by atomic mass is 35.5. The number of anilines is 1. The fraction of sp³-hybridized carbons (Fsp3) is 0.500. The van der Waals surface area contributed by atoms with Crippen LogP contribution in [0.25, 0.3) is 0 Å². The third-order valence-electron chi connectivity index (χ3n) is 3.83. The number of para-hydroxylation sites is 1. The predicted octanol–water partition coefficient (Wildman–Crippen LogP) is 2.67. The Bertz CT molecular complexity index is 589. The van der Waals surface area contributed by atoms with Gasteiger partial charge < -0.3 is 4.90 Å². The Balaban J connectivity index is 2.19. The van der Waals surface area contributed by atoms with Crippen LogP contribution in [-0.4, -0.2) is 41.5 Å². The van der Waals surface area contributed by atoms with Gasteiger partial charge in [0.1, 0.15) is 16.2 Å². The van der Waals surface area contributed by atoms with E-state index in [2.05, 4.69) is 11.0 Å². The zero-order valence-corrected chi connectivity index (χ0v) is 12.8. The zero-order chi connectivity index (χ0) is 15.6. The number of nitriles is 1. The molecule has 1 heterocycles. The molecule has 2 rings (SSSR count). The molecule has 0 spiro atoms. The molecular weight excluding hydrogens is 292 g/mol. The first-order valence-electron chi connectivity index (χ1n) is 6.71. The summed E-state index contributed by atoms with van der Waals surface area (Å²) in [5.74, 6) is 0. The molecule has 6 nitrogen and oxygen atoms in total. The van der Waals surface area contributed by atoms with Crippen molar-refractivity contribution < 1.29 is 4.92 Å². The third kappa shape index (κ3) is 3.09. The van der Waals surface area contributed by atoms with Gasteiger partial charge in [-0.25, -0.2) is 0 Å². The lowest BCUT2D eigenvalue weighted by molar-refractivity contribution is -0.384. The lowest BCUT2D eigenvalue weighted by Crippen LogP contribution is -2.54. The number of nitrogens with zero attached hydrogens (tertiary/aromatic N) is 4. The molecule has 1 fully saturated rings. The van der Waals surface area contributed by atoms with E-state index in [4.69, 9.17) is 11.6 Å². The van der Waals surface area contributed by atoms with Gasteiger partial charge in [0.05, 0.1) is 11.0 Å². The lowest BCUT2D eigenvalue weighted by atomic mass is 10.0. The fourth-order valence-corrected chi connectivity index (χ4v) is 2.76. The molecule has 1 aromatic rings. The molecule has 0 aromatic heterocycles. The van der Waals surface area contributed by atoms with E-state index < -0.39 is 10.5 Å². The summed E-state index contributed by atoms with van der Waals surface area (Å²) in [6.45, 7) is 6.39. The van der Waals surface area contributed by atoms with Crippen LogP contribution >= 0.6 is 11.6 Å². The number of nitro benzene ring substituents is 1. The fourth-order valence-electron chi connectivity index (χ4n) is 2.52. The highest BCUT2D eigenvalue weighted by Gasteiger charge is 2.32. The normalized spacial score (nSPS) is 16.6. The molecule has 1 aliphatic rings. The average Bonchev–Trinajstić information content (AvgIpc) is 2.46. The molecule has 0 aliphatic carbocycles. The van der Waals surface area contributed by atoms with E-state index >= 15 is 0 Å². The van der Waals surface area contributed by atoms with E-state index in [-0.39, 0.29) is 10.7 Å². The van der Waals surface area contributed by atoms with Crippen molar-refractivity contribution in [1.82, 2.24) is 4.90 Å². The second-order valence-electron chi connectivity index (χ2n) is 5.51. The van der Waals surface area contributed by atoms with Crippen molar-refractivity contribution in [3.63, 3.8) is 0 Å². The molecule has 1 saturated heterocycles. The summed E-state index contributed by atoms with van der Waals surface area (Å²) in [5.41, 5.74) is -0.0270. The van der Waals surface area contributed by atoms with Crippen LogP contribution in [0, 0.1) is 21.4 Å². The van der Waals surface area contributed by atoms with E-state index in [0.29, 0.717) is 31.9 Å². The molecule has 0 unspecified atom stereocenters. The number of halogens is 1. The van der Waals surface area contributed by atoms with Crippen molar-refractivity contribution in [3.05, 3.63) is 33.3 Å². The van der Waals surface area contributed by atoms with Crippen LogP contribution in [0.15, 0.2) is 18.2 Å². The lowest BCUT2D eigenvalue weighted by Gasteiger charge is -2.41. The molecule has 1 aliphatic heterocycles. The molecule has 7 heteroatoms. The number of hydrogen-bond donors (Lipinski definition) is 0. The van der Waals surface area contributed by atoms with Gasteiger partial charge in [0.2, 0.25) is 0 Å². The maximum Gasteiger partial charge on any atom is 0.310 e. The third-order valence-corrected chi connectivity index (χ3v) is 4.14. The molecule has 0 atom stereocenters. The number of hydrogen-bond acceptors (Lipinski definition) is 5. The van der Waals surface area contributed by atoms with Gasteiger partial charge in [-0.3, -0.25) is 15.0 Å². The Morgan fingerprint density at radius 2 is 1.95 bits per heavy atom. The predicted molar refractivity (Wildman–Crippen MR) is 81.6 cm³/mol. The van der Waals surface area contributed by atoms with E-state index in [9.17, 15) is 15.4 Å². The van der Waals surface area contributed by atoms with Crippen LogP contribution in [0.2, 0.25) is 5.02 Å². The first-order valence-corrected chi connectivity index (χ1v) is 7.09. The minimum atomic E-state index is -0.521. The van der Waals surface area contributed by atoms with Crippen molar-refractivity contribution in [2.75, 3.05) is 31.1 Å². The highest BCUT2D eigenvalue weighted by Crippen LogP contribution is 2.35. The minimum absolute atomic E-state index is 0.0489. The standard InChI is InChI=1S/C14H17ClN4O2/c1-14(2,10-16)18-8-6-17(7-9-18)12-5-3-4-11(15)13(12)19(20)21/h3-5H,6-9H2,1-2H3. The van der Waals surface area contributed by atoms with Crippen LogP contribution in [0.4, 0.5) is 11.4 Å². The first-order chi connectivity index (χ1) is 9.86. The number of rotatable bonds is 3. The van der Waals surface area contributed by atoms with Gasteiger partial charge in [0.25, 0.3) is 0 Å². The Kier molecular flexibility index (Phi) is 4.35. The van der Waals surface area contributed by atoms with Crippen LogP contribution in [-0.2, 0) is 0 Å². The summed E-state index contributed by atoms with van der Waals surface area (Å²) in [4.78, 5) is 14.8. The minimum Gasteiger partial charge on any atom is -0.363 e. The number of nitro groups is 1. The van der Waals surface area contributed by atoms with E-state index in [0.717, 1.165) is 0 Å². The summed E-state index contributed by atoms with van der Waals surface area (Å²) in [5, 5.41) is 20.5. The maximum absolute atomic E-state index is 11.2. The van der Waals surface area contributed by atoms with Gasteiger partial charge in [-0.15, -0.1) is 0 Å². The Labute approximate surface area is 128 Å². The van der Waals surface area contributed by atoms with Gasteiger partial charge in [0.15, 0.2) is 0 Å². The van der Waals surface area contributed by atoms with Crippen LogP contribution < -0.4 is 4.90 Å². The molecule has 1 aromatic carbocycles. The van der Waals surface area contributed by atoms with E-state index in [1.54, 1.807) is 12.1 Å². The van der Waals surface area contributed by atoms with Crippen LogP contribution in [0.3, 0.4) is 0 Å². The highest BCUT2D eigenvalue weighted by molar-refractivity contribution is 6.33. The summed E-state index contributed by atoms with van der Waals surface area (Å²) in [6, 6.07) is 7.24. The van der Waals surface area contributed by atoms with Gasteiger partial charge >= 0.3 is 5.69 Å². The molecular formula is C14H17ClN4O2. The second kappa shape index (κ2) is 5.88. The molecule has 112 valence electrons. The van der Waals surface area contributed by atoms with E-state index in [1.807, 2.05) is 18.7 Å². The summed E-state index contributed by atoms with van der Waals surface area (Å²) >= 11 is 5.95. The van der Waals surface area contributed by atoms with Crippen molar-refractivity contribution >= 4 is 23.0 Å². The molecule has 0 N–H and O–H groups in total. The van der Waals surface area contributed by atoms with Crippen molar-refractivity contribution in [2.45, 2.75) is 19.4 Å². The SMILES string of the molecule is CC(C)(C#N)N1CCN(c2cccc(Cl)c2[N+](=O)[O-])CC1. The van der Waals surface area contributed by atoms with Crippen molar-refractivity contribution in [1.29, 1.82) is 5.26 Å². The Morgan fingerprint density at radius 1 is 1.33 bits per heavy atom. The summed E-state index contributed by atoms with van der Waals surface area (Å²) in [6.07, 6.45) is 0. The molecule has 0 radical (unpaired) electrons. The van der Waals surface area contributed by atoms with Crippen molar-refractivity contribution in [3.8, 4) is 6.07 Å². The zero-order valence-electron chi connectivity index (χ0n) is 12.0. The molecule has 0 amide bonds. The summed E-state index contributed by atoms with van der Waals surface area (Å²) in [7, 11) is 0. The average molecular weight is 309 g/mol. The van der Waals surface area contributed by atoms with Gasteiger partial charge in [-0.05, 0) is 26.0 Å². The summed E-state index contributed by atoms with van der Waals surface area (Å²) < 4.78 is 0. The van der Waals surface area contributed by atoms with Crippen LogP contribution in [0.5, 0.6) is 0 Å². The monoisotopic (exact) mass is 308 g/mol. The molecule has 0 saturated carbocycles. The van der Waals surface area contributed by atoms with Gasteiger partial charge in [-0.1, -0.05) is 17.7 Å². The largest absolute Gasteiger partial charge is 0.363 e.